The summed E-state index contributed by atoms with van der Waals surface area (Å²) in [6.45, 7) is 3.89. The third-order valence-corrected chi connectivity index (χ3v) is 3.75. The summed E-state index contributed by atoms with van der Waals surface area (Å²) < 4.78 is 5.32. The second-order valence-corrected chi connectivity index (χ2v) is 5.23. The fraction of sp³-hybridized carbons (Fsp3) is 0.389. The molecule has 4 heteroatoms. The normalized spacial score (nSPS) is 12.9. The van der Waals surface area contributed by atoms with Crippen molar-refractivity contribution in [2.75, 3.05) is 20.1 Å². The Bertz CT molecular complexity index is 549. The van der Waals surface area contributed by atoms with Gasteiger partial charge in [-0.1, -0.05) is 37.3 Å². The molecule has 0 fully saturated rings. The van der Waals surface area contributed by atoms with E-state index >= 15 is 0 Å². The Morgan fingerprint density at radius 1 is 1.14 bits per heavy atom. The van der Waals surface area contributed by atoms with E-state index in [0.29, 0.717) is 5.92 Å². The summed E-state index contributed by atoms with van der Waals surface area (Å²) in [5.41, 5.74) is 1.36. The summed E-state index contributed by atoms with van der Waals surface area (Å²) >= 11 is 0. The second-order valence-electron chi connectivity index (χ2n) is 5.23. The van der Waals surface area contributed by atoms with Gasteiger partial charge in [0.15, 0.2) is 5.96 Å². The van der Waals surface area contributed by atoms with Gasteiger partial charge in [-0.25, -0.2) is 0 Å². The number of nitrogens with one attached hydrogen (secondary N) is 2. The Morgan fingerprint density at radius 2 is 1.95 bits per heavy atom. The lowest BCUT2D eigenvalue weighted by Gasteiger charge is -2.18. The highest BCUT2D eigenvalue weighted by atomic mass is 16.3. The van der Waals surface area contributed by atoms with E-state index in [1.165, 1.54) is 5.56 Å². The smallest absolute Gasteiger partial charge is 0.191 e. The summed E-state index contributed by atoms with van der Waals surface area (Å²) in [6, 6.07) is 14.5. The molecule has 0 saturated carbocycles. The van der Waals surface area contributed by atoms with Gasteiger partial charge in [0.25, 0.3) is 0 Å². The first kappa shape index (κ1) is 16.1. The van der Waals surface area contributed by atoms with Gasteiger partial charge in [-0.3, -0.25) is 4.99 Å². The van der Waals surface area contributed by atoms with E-state index in [1.807, 2.05) is 12.1 Å². The highest BCUT2D eigenvalue weighted by Gasteiger charge is 2.09. The van der Waals surface area contributed by atoms with E-state index in [9.17, 15) is 0 Å². The predicted octanol–water partition coefficient (Wildman–Crippen LogP) is 3.18. The van der Waals surface area contributed by atoms with E-state index in [2.05, 4.69) is 52.9 Å². The molecule has 2 rings (SSSR count). The van der Waals surface area contributed by atoms with Crippen molar-refractivity contribution >= 4 is 5.96 Å². The van der Waals surface area contributed by atoms with Crippen molar-refractivity contribution in [3.8, 4) is 0 Å². The number of aliphatic imine (C=N–C) groups is 1. The molecule has 2 aromatic rings. The van der Waals surface area contributed by atoms with Crippen LogP contribution in [-0.2, 0) is 6.42 Å². The minimum absolute atomic E-state index is 0.491. The van der Waals surface area contributed by atoms with Crippen LogP contribution in [0.25, 0.3) is 0 Å². The standard InChI is InChI=1S/C18H25N3O/c1-3-15(16-8-5-4-6-9-16)14-21-18(19-2)20-12-11-17-10-7-13-22-17/h4-10,13,15H,3,11-12,14H2,1-2H3,(H2,19,20,21). The van der Waals surface area contributed by atoms with Gasteiger partial charge in [-0.05, 0) is 24.1 Å². The summed E-state index contributed by atoms with van der Waals surface area (Å²) in [6.07, 6.45) is 3.65. The maximum Gasteiger partial charge on any atom is 0.191 e. The molecule has 0 radical (unpaired) electrons. The summed E-state index contributed by atoms with van der Waals surface area (Å²) in [5, 5.41) is 6.72. The zero-order valence-corrected chi connectivity index (χ0v) is 13.4. The number of benzene rings is 1. The van der Waals surface area contributed by atoms with Gasteiger partial charge < -0.3 is 15.1 Å². The van der Waals surface area contributed by atoms with Crippen LogP contribution in [0.3, 0.4) is 0 Å². The number of hydrogen-bond donors (Lipinski definition) is 2. The van der Waals surface area contributed by atoms with Gasteiger partial charge in [-0.2, -0.15) is 0 Å². The Labute approximate surface area is 132 Å². The number of rotatable bonds is 7. The van der Waals surface area contributed by atoms with Crippen LogP contribution in [0.1, 0.15) is 30.6 Å². The minimum Gasteiger partial charge on any atom is -0.469 e. The Balaban J connectivity index is 1.77. The molecule has 1 aromatic heterocycles. The molecule has 0 aliphatic carbocycles. The zero-order chi connectivity index (χ0) is 15.6. The number of hydrogen-bond acceptors (Lipinski definition) is 2. The number of guanidine groups is 1. The van der Waals surface area contributed by atoms with Crippen molar-refractivity contribution in [3.05, 3.63) is 60.1 Å². The lowest BCUT2D eigenvalue weighted by atomic mass is 9.97. The van der Waals surface area contributed by atoms with Crippen LogP contribution in [0, 0.1) is 0 Å². The van der Waals surface area contributed by atoms with E-state index in [-0.39, 0.29) is 0 Å². The zero-order valence-electron chi connectivity index (χ0n) is 13.4. The van der Waals surface area contributed by atoms with Crippen molar-refractivity contribution in [1.29, 1.82) is 0 Å². The third kappa shape index (κ3) is 4.95. The lowest BCUT2D eigenvalue weighted by molar-refractivity contribution is 0.506. The molecule has 0 bridgehead atoms. The Kier molecular flexibility index (Phi) is 6.55. The highest BCUT2D eigenvalue weighted by Crippen LogP contribution is 2.17. The molecule has 0 amide bonds. The molecule has 2 N–H and O–H groups in total. The first-order valence-corrected chi connectivity index (χ1v) is 7.85. The quantitative estimate of drug-likeness (QED) is 0.610. The number of nitrogens with zero attached hydrogens (tertiary/aromatic N) is 1. The molecular weight excluding hydrogens is 274 g/mol. The van der Waals surface area contributed by atoms with Gasteiger partial charge in [0.2, 0.25) is 0 Å². The topological polar surface area (TPSA) is 49.6 Å². The van der Waals surface area contributed by atoms with Crippen LogP contribution in [-0.4, -0.2) is 26.1 Å². The van der Waals surface area contributed by atoms with Gasteiger partial charge >= 0.3 is 0 Å². The van der Waals surface area contributed by atoms with Gasteiger partial charge in [-0.15, -0.1) is 0 Å². The van der Waals surface area contributed by atoms with Crippen LogP contribution in [0.5, 0.6) is 0 Å². The first-order chi connectivity index (χ1) is 10.8. The van der Waals surface area contributed by atoms with Crippen LogP contribution < -0.4 is 10.6 Å². The molecule has 0 saturated heterocycles. The maximum atomic E-state index is 5.32. The molecule has 118 valence electrons. The Morgan fingerprint density at radius 3 is 2.59 bits per heavy atom. The van der Waals surface area contributed by atoms with E-state index in [1.54, 1.807) is 13.3 Å². The molecule has 0 aliphatic rings. The average molecular weight is 299 g/mol. The predicted molar refractivity (Wildman–Crippen MR) is 91.3 cm³/mol. The molecule has 1 atom stereocenters. The van der Waals surface area contributed by atoms with Gasteiger partial charge in [0, 0.05) is 32.5 Å². The molecule has 1 unspecified atom stereocenters. The summed E-state index contributed by atoms with van der Waals surface area (Å²) in [4.78, 5) is 4.27. The van der Waals surface area contributed by atoms with Crippen LogP contribution in [0.4, 0.5) is 0 Å². The van der Waals surface area contributed by atoms with Gasteiger partial charge in [0.1, 0.15) is 5.76 Å². The summed E-state index contributed by atoms with van der Waals surface area (Å²) in [7, 11) is 1.80. The van der Waals surface area contributed by atoms with Crippen molar-refractivity contribution in [1.82, 2.24) is 10.6 Å². The van der Waals surface area contributed by atoms with Crippen LogP contribution in [0.15, 0.2) is 58.1 Å². The molecule has 0 aliphatic heterocycles. The molecule has 1 aromatic carbocycles. The van der Waals surface area contributed by atoms with Crippen LogP contribution in [0.2, 0.25) is 0 Å². The fourth-order valence-electron chi connectivity index (χ4n) is 2.42. The van der Waals surface area contributed by atoms with Crippen molar-refractivity contribution in [3.63, 3.8) is 0 Å². The fourth-order valence-corrected chi connectivity index (χ4v) is 2.42. The third-order valence-electron chi connectivity index (χ3n) is 3.75. The van der Waals surface area contributed by atoms with Crippen molar-refractivity contribution in [2.24, 2.45) is 4.99 Å². The molecule has 0 spiro atoms. The first-order valence-electron chi connectivity index (χ1n) is 7.85. The van der Waals surface area contributed by atoms with E-state index < -0.39 is 0 Å². The SMILES string of the molecule is CCC(CNC(=NC)NCCc1ccco1)c1ccccc1. The minimum atomic E-state index is 0.491. The van der Waals surface area contributed by atoms with Crippen LogP contribution >= 0.6 is 0 Å². The van der Waals surface area contributed by atoms with E-state index in [4.69, 9.17) is 4.42 Å². The highest BCUT2D eigenvalue weighted by molar-refractivity contribution is 5.79. The Hall–Kier alpha value is -2.23. The van der Waals surface area contributed by atoms with Gasteiger partial charge in [0.05, 0.1) is 6.26 Å². The molecular formula is C18H25N3O. The largest absolute Gasteiger partial charge is 0.469 e. The van der Waals surface area contributed by atoms with Crippen molar-refractivity contribution in [2.45, 2.75) is 25.7 Å². The molecule has 4 nitrogen and oxygen atoms in total. The molecule has 22 heavy (non-hydrogen) atoms. The average Bonchev–Trinajstić information content (AvgIpc) is 3.08. The molecule has 1 heterocycles. The maximum absolute atomic E-state index is 5.32. The lowest BCUT2D eigenvalue weighted by Crippen LogP contribution is -2.40. The summed E-state index contributed by atoms with van der Waals surface area (Å²) in [5.74, 6) is 2.31. The monoisotopic (exact) mass is 299 g/mol. The number of furan rings is 1. The van der Waals surface area contributed by atoms with Crippen molar-refractivity contribution < 1.29 is 4.42 Å². The second kappa shape index (κ2) is 8.93. The van der Waals surface area contributed by atoms with E-state index in [0.717, 1.165) is 37.7 Å².